The van der Waals surface area contributed by atoms with Crippen LogP contribution in [0, 0.1) is 29.1 Å². The van der Waals surface area contributed by atoms with E-state index in [1.54, 1.807) is 0 Å². The summed E-state index contributed by atoms with van der Waals surface area (Å²) in [6.07, 6.45) is 19.1. The summed E-state index contributed by atoms with van der Waals surface area (Å²) in [6, 6.07) is 2.34. The van der Waals surface area contributed by atoms with Gasteiger partial charge in [-0.15, -0.1) is 0 Å². The van der Waals surface area contributed by atoms with E-state index in [4.69, 9.17) is 10.00 Å². The Morgan fingerprint density at radius 3 is 2.12 bits per heavy atom. The van der Waals surface area contributed by atoms with Crippen molar-refractivity contribution < 1.29 is 9.53 Å². The predicted molar refractivity (Wildman–Crippen MR) is 106 cm³/mol. The smallest absolute Gasteiger partial charge is 0.309 e. The number of hydrogen-bond acceptors (Lipinski definition) is 3. The van der Waals surface area contributed by atoms with Gasteiger partial charge < -0.3 is 4.74 Å². The highest BCUT2D eigenvalue weighted by Crippen LogP contribution is 2.34. The van der Waals surface area contributed by atoms with Crippen LogP contribution in [0.5, 0.6) is 0 Å². The first-order valence-corrected chi connectivity index (χ1v) is 11.3. The molecular formula is C23H39NO2. The molecule has 2 rings (SSSR count). The number of nitrogens with zero attached hydrogens (tertiary/aromatic N) is 1. The fraction of sp³-hybridized carbons (Fsp3) is 0.913. The second-order valence-corrected chi connectivity index (χ2v) is 8.67. The first-order valence-electron chi connectivity index (χ1n) is 11.3. The maximum atomic E-state index is 12.4. The fourth-order valence-electron chi connectivity index (χ4n) is 4.65. The van der Waals surface area contributed by atoms with Gasteiger partial charge in [0.25, 0.3) is 0 Å². The first kappa shape index (κ1) is 21.3. The molecular weight excluding hydrogens is 322 g/mol. The molecule has 0 unspecified atom stereocenters. The van der Waals surface area contributed by atoms with Gasteiger partial charge in [-0.25, -0.2) is 0 Å². The van der Waals surface area contributed by atoms with Crippen LogP contribution in [0.1, 0.15) is 110 Å². The van der Waals surface area contributed by atoms with Crippen LogP contribution < -0.4 is 0 Å². The monoisotopic (exact) mass is 361 g/mol. The van der Waals surface area contributed by atoms with E-state index >= 15 is 0 Å². The second kappa shape index (κ2) is 12.4. The van der Waals surface area contributed by atoms with Crippen molar-refractivity contribution in [1.82, 2.24) is 0 Å². The van der Waals surface area contributed by atoms with Gasteiger partial charge in [0.1, 0.15) is 6.10 Å². The van der Waals surface area contributed by atoms with E-state index in [1.807, 2.05) is 0 Å². The van der Waals surface area contributed by atoms with Gasteiger partial charge in [0.2, 0.25) is 0 Å². The highest BCUT2D eigenvalue weighted by Gasteiger charge is 2.30. The zero-order valence-electron chi connectivity index (χ0n) is 16.9. The van der Waals surface area contributed by atoms with Crippen molar-refractivity contribution in [3.63, 3.8) is 0 Å². The maximum Gasteiger partial charge on any atom is 0.309 e. The summed E-state index contributed by atoms with van der Waals surface area (Å²) in [6.45, 7) is 2.27. The van der Waals surface area contributed by atoms with E-state index in [1.165, 1.54) is 64.2 Å². The number of hydrogen-bond donors (Lipinski definition) is 0. The van der Waals surface area contributed by atoms with Crippen LogP contribution in [0.15, 0.2) is 0 Å². The SMILES string of the molecule is CCCCCCCCCC1CCC(C(=O)OC2CCC(C#N)CC2)CC1. The third-order valence-electron chi connectivity index (χ3n) is 6.54. The van der Waals surface area contributed by atoms with Gasteiger partial charge in [0.15, 0.2) is 0 Å². The number of carbonyl (C=O) groups excluding carboxylic acids is 1. The Labute approximate surface area is 160 Å². The lowest BCUT2D eigenvalue weighted by molar-refractivity contribution is -0.157. The molecule has 0 aromatic heterocycles. The summed E-state index contributed by atoms with van der Waals surface area (Å²) >= 11 is 0. The molecule has 0 aliphatic heterocycles. The molecule has 26 heavy (non-hydrogen) atoms. The number of ether oxygens (including phenoxy) is 1. The average molecular weight is 362 g/mol. The molecule has 0 atom stereocenters. The number of carbonyl (C=O) groups is 1. The molecule has 0 saturated heterocycles. The van der Waals surface area contributed by atoms with Crippen LogP contribution >= 0.6 is 0 Å². The molecule has 0 heterocycles. The van der Waals surface area contributed by atoms with Crippen molar-refractivity contribution >= 4 is 5.97 Å². The molecule has 0 radical (unpaired) electrons. The van der Waals surface area contributed by atoms with Crippen molar-refractivity contribution in [1.29, 1.82) is 5.26 Å². The zero-order chi connectivity index (χ0) is 18.6. The van der Waals surface area contributed by atoms with Crippen molar-refractivity contribution in [2.45, 2.75) is 116 Å². The minimum atomic E-state index is 0.0415. The number of nitriles is 1. The van der Waals surface area contributed by atoms with Crippen LogP contribution in [0.25, 0.3) is 0 Å². The molecule has 3 nitrogen and oxygen atoms in total. The van der Waals surface area contributed by atoms with Gasteiger partial charge in [-0.1, -0.05) is 58.3 Å². The normalized spacial score (nSPS) is 29.1. The summed E-state index contributed by atoms with van der Waals surface area (Å²) in [4.78, 5) is 12.4. The van der Waals surface area contributed by atoms with Crippen LogP contribution in [-0.2, 0) is 9.53 Å². The second-order valence-electron chi connectivity index (χ2n) is 8.67. The Morgan fingerprint density at radius 1 is 0.885 bits per heavy atom. The topological polar surface area (TPSA) is 50.1 Å². The Hall–Kier alpha value is -1.04. The Balaban J connectivity index is 1.52. The van der Waals surface area contributed by atoms with Crippen LogP contribution in [0.4, 0.5) is 0 Å². The third-order valence-corrected chi connectivity index (χ3v) is 6.54. The summed E-state index contributed by atoms with van der Waals surface area (Å²) in [5.74, 6) is 1.18. The van der Waals surface area contributed by atoms with Crippen molar-refractivity contribution in [2.75, 3.05) is 0 Å². The molecule has 0 aromatic rings. The summed E-state index contributed by atoms with van der Waals surface area (Å²) in [7, 11) is 0. The Bertz CT molecular complexity index is 426. The first-order chi connectivity index (χ1) is 12.7. The van der Waals surface area contributed by atoms with E-state index in [9.17, 15) is 4.79 Å². The quantitative estimate of drug-likeness (QED) is 0.327. The van der Waals surface area contributed by atoms with Crippen molar-refractivity contribution in [3.05, 3.63) is 0 Å². The van der Waals surface area contributed by atoms with Gasteiger partial charge >= 0.3 is 5.97 Å². The summed E-state index contributed by atoms with van der Waals surface area (Å²) in [5.41, 5.74) is 0. The number of esters is 1. The van der Waals surface area contributed by atoms with E-state index in [0.29, 0.717) is 0 Å². The van der Waals surface area contributed by atoms with Crippen LogP contribution in [0.2, 0.25) is 0 Å². The maximum absolute atomic E-state index is 12.4. The minimum Gasteiger partial charge on any atom is -0.462 e. The molecule has 0 bridgehead atoms. The van der Waals surface area contributed by atoms with Gasteiger partial charge in [-0.05, 0) is 57.3 Å². The molecule has 0 N–H and O–H groups in total. The molecule has 0 amide bonds. The van der Waals surface area contributed by atoms with Gasteiger partial charge in [0, 0.05) is 5.92 Å². The largest absolute Gasteiger partial charge is 0.462 e. The third kappa shape index (κ3) is 7.68. The highest BCUT2D eigenvalue weighted by atomic mass is 16.5. The van der Waals surface area contributed by atoms with E-state index < -0.39 is 0 Å². The molecule has 2 aliphatic carbocycles. The van der Waals surface area contributed by atoms with Crippen molar-refractivity contribution in [3.8, 4) is 6.07 Å². The summed E-state index contributed by atoms with van der Waals surface area (Å²) < 4.78 is 5.76. The minimum absolute atomic E-state index is 0.0415. The fourth-order valence-corrected chi connectivity index (χ4v) is 4.65. The molecule has 0 aromatic carbocycles. The number of rotatable bonds is 10. The van der Waals surface area contributed by atoms with E-state index in [2.05, 4.69) is 13.0 Å². The van der Waals surface area contributed by atoms with Gasteiger partial charge in [-0.2, -0.15) is 5.26 Å². The van der Waals surface area contributed by atoms with Crippen LogP contribution in [0.3, 0.4) is 0 Å². The molecule has 2 aliphatic rings. The van der Waals surface area contributed by atoms with Gasteiger partial charge in [0.05, 0.1) is 12.0 Å². The molecule has 2 fully saturated rings. The van der Waals surface area contributed by atoms with Crippen LogP contribution in [-0.4, -0.2) is 12.1 Å². The molecule has 3 heteroatoms. The lowest BCUT2D eigenvalue weighted by atomic mass is 9.79. The molecule has 0 spiro atoms. The lowest BCUT2D eigenvalue weighted by Gasteiger charge is -2.30. The standard InChI is InChI=1S/C23H39NO2/c1-2-3-4-5-6-7-8-9-19-10-14-21(15-11-19)23(25)26-22-16-12-20(18-24)13-17-22/h19-22H,2-17H2,1H3. The Morgan fingerprint density at radius 2 is 1.50 bits per heavy atom. The van der Waals surface area contributed by atoms with Gasteiger partial charge in [-0.3, -0.25) is 4.79 Å². The number of unbranched alkanes of at least 4 members (excludes halogenated alkanes) is 6. The Kier molecular flexibility index (Phi) is 10.1. The molecule has 148 valence electrons. The average Bonchev–Trinajstić information content (AvgIpc) is 2.68. The van der Waals surface area contributed by atoms with Crippen molar-refractivity contribution in [2.24, 2.45) is 17.8 Å². The zero-order valence-corrected chi connectivity index (χ0v) is 16.9. The summed E-state index contributed by atoms with van der Waals surface area (Å²) in [5, 5.41) is 8.96. The predicted octanol–water partition coefficient (Wildman–Crippen LogP) is 6.56. The molecule has 2 saturated carbocycles. The lowest BCUT2D eigenvalue weighted by Crippen LogP contribution is -2.30. The highest BCUT2D eigenvalue weighted by molar-refractivity contribution is 5.72. The van der Waals surface area contributed by atoms with E-state index in [-0.39, 0.29) is 23.9 Å². The van der Waals surface area contributed by atoms with E-state index in [0.717, 1.165) is 44.4 Å².